The second-order valence-electron chi connectivity index (χ2n) is 11.0. The molecule has 0 aliphatic heterocycles. The van der Waals surface area contributed by atoms with Gasteiger partial charge in [-0.05, 0) is 90.6 Å². The Hall–Kier alpha value is 0.350. The number of fused-ring (bicyclic) bond motifs is 5. The molecule has 0 radical (unpaired) electrons. The Balaban J connectivity index is 1.72. The van der Waals surface area contributed by atoms with Crippen molar-refractivity contribution in [3.8, 4) is 0 Å². The van der Waals surface area contributed by atoms with Gasteiger partial charge in [0.25, 0.3) is 0 Å². The Labute approximate surface area is 161 Å². The third-order valence-electron chi connectivity index (χ3n) is 9.70. The first-order chi connectivity index (χ1) is 11.9. The summed E-state index contributed by atoms with van der Waals surface area (Å²) in [7, 11) is 0. The van der Waals surface area contributed by atoms with Crippen molar-refractivity contribution in [1.82, 2.24) is 0 Å². The average Bonchev–Trinajstić information content (AvgIpc) is 2.97. The summed E-state index contributed by atoms with van der Waals surface area (Å²) in [6, 6.07) is 0. The molecule has 0 saturated heterocycles. The first kappa shape index (κ1) is 18.7. The molecule has 0 aromatic heterocycles. The molecule has 9 atom stereocenters. The summed E-state index contributed by atoms with van der Waals surface area (Å²) >= 11 is 2.38. The van der Waals surface area contributed by atoms with E-state index >= 15 is 0 Å². The zero-order valence-corrected chi connectivity index (χ0v) is 18.3. The van der Waals surface area contributed by atoms with Gasteiger partial charge in [0.15, 0.2) is 0 Å². The third kappa shape index (κ3) is 2.76. The van der Waals surface area contributed by atoms with Crippen molar-refractivity contribution in [3.05, 3.63) is 0 Å². The van der Waals surface area contributed by atoms with Crippen molar-refractivity contribution in [1.29, 1.82) is 0 Å². The molecule has 144 valence electrons. The smallest absolute Gasteiger partial charge is 0.0112 e. The molecule has 1 unspecified atom stereocenters. The predicted molar refractivity (Wildman–Crippen MR) is 112 cm³/mol. The maximum atomic E-state index is 2.76. The molecule has 0 aromatic rings. The van der Waals surface area contributed by atoms with Crippen LogP contribution in [0.2, 0.25) is 0 Å². The fourth-order valence-corrected chi connectivity index (χ4v) is 10.5. The lowest BCUT2D eigenvalue weighted by Crippen LogP contribution is -2.60. The molecule has 4 aliphatic carbocycles. The maximum absolute atomic E-state index is 2.76. The van der Waals surface area contributed by atoms with Gasteiger partial charge in [-0.15, -0.1) is 0 Å². The van der Waals surface area contributed by atoms with Crippen molar-refractivity contribution >= 4 is 11.8 Å². The van der Waals surface area contributed by atoms with E-state index in [1.54, 1.807) is 12.8 Å². The fraction of sp³-hybridized carbons (Fsp3) is 1.00. The quantitative estimate of drug-likeness (QED) is 0.503. The monoisotopic (exact) mass is 362 g/mol. The first-order valence-corrected chi connectivity index (χ1v) is 12.6. The molecule has 0 bridgehead atoms. The second-order valence-corrected chi connectivity index (χ2v) is 12.3. The number of hydrogen-bond acceptors (Lipinski definition) is 1. The van der Waals surface area contributed by atoms with Crippen LogP contribution in [0, 0.1) is 46.3 Å². The maximum Gasteiger partial charge on any atom is 0.0112 e. The molecular formula is C24H42S. The van der Waals surface area contributed by atoms with E-state index in [0.29, 0.717) is 10.8 Å². The third-order valence-corrected chi connectivity index (χ3v) is 11.5. The largest absolute Gasteiger partial charge is 0.158 e. The summed E-state index contributed by atoms with van der Waals surface area (Å²) in [5, 5.41) is 0.935. The molecule has 0 spiro atoms. The molecule has 0 N–H and O–H groups in total. The van der Waals surface area contributed by atoms with Crippen molar-refractivity contribution in [3.63, 3.8) is 0 Å². The van der Waals surface area contributed by atoms with E-state index in [1.165, 1.54) is 50.7 Å². The molecule has 4 rings (SSSR count). The van der Waals surface area contributed by atoms with Crippen LogP contribution in [0.5, 0.6) is 0 Å². The van der Waals surface area contributed by atoms with Crippen LogP contribution in [-0.2, 0) is 0 Å². The van der Waals surface area contributed by atoms with Gasteiger partial charge in [0, 0.05) is 5.25 Å². The number of thioether (sulfide) groups is 1. The van der Waals surface area contributed by atoms with Gasteiger partial charge in [0.05, 0.1) is 0 Å². The van der Waals surface area contributed by atoms with Crippen molar-refractivity contribution in [2.45, 2.75) is 97.7 Å². The van der Waals surface area contributed by atoms with Gasteiger partial charge in [-0.3, -0.25) is 0 Å². The van der Waals surface area contributed by atoms with Gasteiger partial charge >= 0.3 is 0 Å². The molecule has 4 aliphatic rings. The van der Waals surface area contributed by atoms with Crippen molar-refractivity contribution in [2.24, 2.45) is 46.3 Å². The molecule has 1 heteroatoms. The van der Waals surface area contributed by atoms with Crippen LogP contribution in [0.4, 0.5) is 0 Å². The molecule has 0 nitrogen and oxygen atoms in total. The SMILES string of the molecule is CCCS[C@@H]1[C@H](C)[C@H]2[C@@H]3CCC[C@@]3(C)CC[C@@H]2[C@@]2(C)CCCC(C)[C@H]12. The van der Waals surface area contributed by atoms with Crippen LogP contribution in [-0.4, -0.2) is 11.0 Å². The molecule has 25 heavy (non-hydrogen) atoms. The normalized spacial score (nSPS) is 55.3. The molecule has 0 aromatic carbocycles. The zero-order chi connectivity index (χ0) is 17.8. The number of hydrogen-bond donors (Lipinski definition) is 0. The van der Waals surface area contributed by atoms with E-state index in [-0.39, 0.29) is 0 Å². The molecule has 0 heterocycles. The minimum Gasteiger partial charge on any atom is -0.158 e. The van der Waals surface area contributed by atoms with Crippen LogP contribution in [0.3, 0.4) is 0 Å². The lowest BCUT2D eigenvalue weighted by Gasteiger charge is -2.65. The van der Waals surface area contributed by atoms with E-state index in [1.807, 2.05) is 0 Å². The van der Waals surface area contributed by atoms with Gasteiger partial charge < -0.3 is 0 Å². The van der Waals surface area contributed by atoms with Crippen LogP contribution in [0.15, 0.2) is 0 Å². The van der Waals surface area contributed by atoms with Crippen molar-refractivity contribution in [2.75, 3.05) is 5.75 Å². The van der Waals surface area contributed by atoms with E-state index < -0.39 is 0 Å². The van der Waals surface area contributed by atoms with Crippen LogP contribution in [0.1, 0.15) is 92.4 Å². The topological polar surface area (TPSA) is 0 Å². The van der Waals surface area contributed by atoms with Gasteiger partial charge in [0.2, 0.25) is 0 Å². The highest BCUT2D eigenvalue weighted by Crippen LogP contribution is 2.69. The minimum absolute atomic E-state index is 0.643. The highest BCUT2D eigenvalue weighted by molar-refractivity contribution is 7.99. The standard InChI is InChI=1S/C24H42S/c1-6-15-25-22-17(3)20-18-10-8-12-23(18,4)14-11-19(20)24(5)13-7-9-16(2)21(22)24/h16-22H,6-15H2,1-5H3/t16?,17-,18+,19+,20+,21-,22-,23+,24-/m1/s1. The lowest BCUT2D eigenvalue weighted by molar-refractivity contribution is -0.137. The predicted octanol–water partition coefficient (Wildman–Crippen LogP) is 7.42. The molecule has 0 amide bonds. The Kier molecular flexibility index (Phi) is 5.05. The average molecular weight is 363 g/mol. The first-order valence-electron chi connectivity index (χ1n) is 11.5. The van der Waals surface area contributed by atoms with Gasteiger partial charge in [-0.2, -0.15) is 11.8 Å². The molecular weight excluding hydrogens is 320 g/mol. The van der Waals surface area contributed by atoms with Gasteiger partial charge in [-0.25, -0.2) is 0 Å². The Morgan fingerprint density at radius 1 is 0.920 bits per heavy atom. The highest BCUT2D eigenvalue weighted by Gasteiger charge is 2.62. The Morgan fingerprint density at radius 3 is 2.44 bits per heavy atom. The van der Waals surface area contributed by atoms with Gasteiger partial charge in [0.1, 0.15) is 0 Å². The van der Waals surface area contributed by atoms with Gasteiger partial charge in [-0.1, -0.05) is 53.9 Å². The van der Waals surface area contributed by atoms with E-state index in [4.69, 9.17) is 0 Å². The van der Waals surface area contributed by atoms with Crippen LogP contribution < -0.4 is 0 Å². The summed E-state index contributed by atoms with van der Waals surface area (Å²) in [4.78, 5) is 0. The Bertz CT molecular complexity index is 486. The highest BCUT2D eigenvalue weighted by atomic mass is 32.2. The van der Waals surface area contributed by atoms with Crippen molar-refractivity contribution < 1.29 is 0 Å². The second kappa shape index (κ2) is 6.75. The molecule has 4 saturated carbocycles. The Morgan fingerprint density at radius 2 is 1.68 bits per heavy atom. The van der Waals surface area contributed by atoms with E-state index in [0.717, 1.165) is 40.8 Å². The molecule has 4 fully saturated rings. The number of rotatable bonds is 3. The summed E-state index contributed by atoms with van der Waals surface area (Å²) in [6.07, 6.45) is 13.5. The summed E-state index contributed by atoms with van der Waals surface area (Å²) < 4.78 is 0. The van der Waals surface area contributed by atoms with Crippen LogP contribution >= 0.6 is 11.8 Å². The zero-order valence-electron chi connectivity index (χ0n) is 17.5. The van der Waals surface area contributed by atoms with E-state index in [2.05, 4.69) is 46.4 Å². The lowest BCUT2D eigenvalue weighted by atomic mass is 9.42. The van der Waals surface area contributed by atoms with E-state index in [9.17, 15) is 0 Å². The summed E-state index contributed by atoms with van der Waals surface area (Å²) in [5.74, 6) is 7.37. The minimum atomic E-state index is 0.643. The fourth-order valence-electron chi connectivity index (χ4n) is 8.68. The van der Waals surface area contributed by atoms with Crippen LogP contribution in [0.25, 0.3) is 0 Å². The summed E-state index contributed by atoms with van der Waals surface area (Å²) in [5.41, 5.74) is 1.34. The summed E-state index contributed by atoms with van der Waals surface area (Å²) in [6.45, 7) is 13.1.